The van der Waals surface area contributed by atoms with E-state index in [0.29, 0.717) is 11.0 Å². The molecule has 0 radical (unpaired) electrons. The highest BCUT2D eigenvalue weighted by Crippen LogP contribution is 2.16. The Kier molecular flexibility index (Phi) is 2.32. The second-order valence-electron chi connectivity index (χ2n) is 4.65. The molecule has 0 aliphatic rings. The number of para-hydroxylation sites is 3. The number of hydrogen-bond acceptors (Lipinski definition) is 3. The number of rotatable bonds is 1. The predicted molar refractivity (Wildman–Crippen MR) is 78.9 cm³/mol. The first-order chi connectivity index (χ1) is 10.3. The van der Waals surface area contributed by atoms with Crippen LogP contribution in [0.25, 0.3) is 22.4 Å². The minimum absolute atomic E-state index is 0.0857. The Morgan fingerprint density at radius 2 is 1.52 bits per heavy atom. The molecule has 2 aromatic carbocycles. The quantitative estimate of drug-likeness (QED) is 0.571. The molecule has 0 bridgehead atoms. The van der Waals surface area contributed by atoms with Gasteiger partial charge in [-0.15, -0.1) is 5.10 Å². The number of fused-ring (bicyclic) bond motifs is 3. The maximum Gasteiger partial charge on any atom is 0.348 e. The van der Waals surface area contributed by atoms with Gasteiger partial charge >= 0.3 is 11.2 Å². The molecule has 0 unspecified atom stereocenters. The molecule has 0 aliphatic carbocycles. The maximum absolute atomic E-state index is 12.7. The van der Waals surface area contributed by atoms with Crippen molar-refractivity contribution in [1.29, 1.82) is 0 Å². The monoisotopic (exact) mass is 278 g/mol. The average molecular weight is 278 g/mol. The van der Waals surface area contributed by atoms with E-state index in [1.165, 1.54) is 4.40 Å². The molecule has 0 aliphatic heterocycles. The van der Waals surface area contributed by atoms with Gasteiger partial charge in [-0.2, -0.15) is 0 Å². The van der Waals surface area contributed by atoms with E-state index in [4.69, 9.17) is 0 Å². The minimum atomic E-state index is -0.418. The summed E-state index contributed by atoms with van der Waals surface area (Å²) in [5, 5.41) is 6.18. The van der Waals surface area contributed by atoms with E-state index in [1.54, 1.807) is 10.6 Å². The minimum Gasteiger partial charge on any atom is -0.272 e. The van der Waals surface area contributed by atoms with Gasteiger partial charge in [0.1, 0.15) is 0 Å². The lowest BCUT2D eigenvalue weighted by Crippen LogP contribution is -2.24. The summed E-state index contributed by atoms with van der Waals surface area (Å²) in [7, 11) is 0. The molecular weight excluding hydrogens is 268 g/mol. The highest BCUT2D eigenvalue weighted by Gasteiger charge is 2.14. The van der Waals surface area contributed by atoms with Gasteiger partial charge in [0.05, 0.1) is 11.0 Å². The number of aromatic nitrogens is 4. The summed E-state index contributed by atoms with van der Waals surface area (Å²) in [5.74, 6) is 0. The van der Waals surface area contributed by atoms with E-state index in [0.717, 1.165) is 5.69 Å². The van der Waals surface area contributed by atoms with E-state index in [9.17, 15) is 9.59 Å². The van der Waals surface area contributed by atoms with Crippen LogP contribution in [0, 0.1) is 0 Å². The lowest BCUT2D eigenvalue weighted by Gasteiger charge is -2.10. The third-order valence-electron chi connectivity index (χ3n) is 3.44. The summed E-state index contributed by atoms with van der Waals surface area (Å²) >= 11 is 0. The molecule has 4 aromatic rings. The second-order valence-corrected chi connectivity index (χ2v) is 4.65. The van der Waals surface area contributed by atoms with Crippen molar-refractivity contribution in [3.05, 3.63) is 75.4 Å². The van der Waals surface area contributed by atoms with Crippen molar-refractivity contribution in [3.63, 3.8) is 0 Å². The van der Waals surface area contributed by atoms with Crippen molar-refractivity contribution in [1.82, 2.24) is 19.2 Å². The lowest BCUT2D eigenvalue weighted by molar-refractivity contribution is 1.01. The van der Waals surface area contributed by atoms with E-state index in [1.807, 2.05) is 48.5 Å². The third-order valence-corrected chi connectivity index (χ3v) is 3.44. The fraction of sp³-hybridized carbons (Fsp3) is 0. The van der Waals surface area contributed by atoms with Crippen molar-refractivity contribution >= 4 is 16.7 Å². The fourth-order valence-electron chi connectivity index (χ4n) is 2.55. The molecule has 0 saturated heterocycles. The summed E-state index contributed by atoms with van der Waals surface area (Å²) in [6.45, 7) is 0. The Hall–Kier alpha value is -3.15. The zero-order chi connectivity index (χ0) is 14.4. The highest BCUT2D eigenvalue weighted by molar-refractivity contribution is 5.79. The Morgan fingerprint density at radius 1 is 0.857 bits per heavy atom. The van der Waals surface area contributed by atoms with E-state index >= 15 is 0 Å². The van der Waals surface area contributed by atoms with Gasteiger partial charge in [-0.25, -0.2) is 14.3 Å². The van der Waals surface area contributed by atoms with Gasteiger partial charge < -0.3 is 0 Å². The largest absolute Gasteiger partial charge is 0.348 e. The SMILES string of the molecule is O=c1c2n[nH]c(=O)n2c2ccccc2n1-c1ccccc1. The van der Waals surface area contributed by atoms with Crippen LogP contribution in [-0.4, -0.2) is 19.2 Å². The molecule has 0 saturated carbocycles. The zero-order valence-corrected chi connectivity index (χ0v) is 10.9. The van der Waals surface area contributed by atoms with Gasteiger partial charge in [0.2, 0.25) is 5.65 Å². The van der Waals surface area contributed by atoms with Crippen LogP contribution in [-0.2, 0) is 0 Å². The summed E-state index contributed by atoms with van der Waals surface area (Å²) < 4.78 is 2.86. The van der Waals surface area contributed by atoms with Crippen molar-refractivity contribution in [3.8, 4) is 5.69 Å². The van der Waals surface area contributed by atoms with Crippen LogP contribution in [0.4, 0.5) is 0 Å². The number of benzene rings is 2. The average Bonchev–Trinajstić information content (AvgIpc) is 2.91. The molecule has 2 heterocycles. The number of aromatic amines is 1. The van der Waals surface area contributed by atoms with Gasteiger partial charge in [0, 0.05) is 5.69 Å². The predicted octanol–water partition coefficient (Wildman–Crippen LogP) is 1.33. The molecule has 102 valence electrons. The first-order valence-corrected chi connectivity index (χ1v) is 6.44. The maximum atomic E-state index is 12.7. The van der Waals surface area contributed by atoms with Gasteiger partial charge in [-0.3, -0.25) is 9.36 Å². The van der Waals surface area contributed by atoms with Gasteiger partial charge in [0.25, 0.3) is 0 Å². The topological polar surface area (TPSA) is 72.2 Å². The molecule has 0 fully saturated rings. The summed E-state index contributed by atoms with van der Waals surface area (Å²) in [5.41, 5.74) is 1.36. The number of nitrogens with zero attached hydrogens (tertiary/aromatic N) is 3. The summed E-state index contributed by atoms with van der Waals surface area (Å²) in [6, 6.07) is 16.5. The number of H-pyrrole nitrogens is 1. The molecule has 4 rings (SSSR count). The summed E-state index contributed by atoms with van der Waals surface area (Å²) in [4.78, 5) is 24.6. The Labute approximate surface area is 117 Å². The van der Waals surface area contributed by atoms with Crippen LogP contribution in [0.5, 0.6) is 0 Å². The molecule has 6 heteroatoms. The van der Waals surface area contributed by atoms with Crippen LogP contribution in [0.1, 0.15) is 0 Å². The molecular formula is C15H10N4O2. The molecule has 6 nitrogen and oxygen atoms in total. The number of hydrogen-bond donors (Lipinski definition) is 1. The standard InChI is InChI=1S/C15H10N4O2/c20-14-13-16-17-15(21)19(13)12-9-5-4-8-11(12)18(14)10-6-2-1-3-7-10/h1-9H,(H,17,21). The first-order valence-electron chi connectivity index (χ1n) is 6.44. The van der Waals surface area contributed by atoms with E-state index < -0.39 is 5.69 Å². The van der Waals surface area contributed by atoms with Crippen molar-refractivity contribution in [2.24, 2.45) is 0 Å². The normalized spacial score (nSPS) is 11.2. The fourth-order valence-corrected chi connectivity index (χ4v) is 2.55. The van der Waals surface area contributed by atoms with Gasteiger partial charge in [-0.05, 0) is 24.3 Å². The van der Waals surface area contributed by atoms with Gasteiger partial charge in [0.15, 0.2) is 0 Å². The van der Waals surface area contributed by atoms with Crippen LogP contribution in [0.2, 0.25) is 0 Å². The Bertz CT molecular complexity index is 1070. The smallest absolute Gasteiger partial charge is 0.272 e. The van der Waals surface area contributed by atoms with Gasteiger partial charge in [-0.1, -0.05) is 30.3 Å². The van der Waals surface area contributed by atoms with Crippen molar-refractivity contribution in [2.75, 3.05) is 0 Å². The summed E-state index contributed by atoms with van der Waals surface area (Å²) in [6.07, 6.45) is 0. The Morgan fingerprint density at radius 3 is 2.29 bits per heavy atom. The van der Waals surface area contributed by atoms with E-state index in [2.05, 4.69) is 10.2 Å². The highest BCUT2D eigenvalue weighted by atomic mass is 16.2. The van der Waals surface area contributed by atoms with Crippen LogP contribution >= 0.6 is 0 Å². The Balaban J connectivity index is 2.33. The lowest BCUT2D eigenvalue weighted by atomic mass is 10.2. The van der Waals surface area contributed by atoms with Crippen molar-refractivity contribution < 1.29 is 0 Å². The molecule has 0 spiro atoms. The molecule has 0 atom stereocenters. The number of nitrogens with one attached hydrogen (secondary N) is 1. The van der Waals surface area contributed by atoms with Crippen LogP contribution < -0.4 is 11.2 Å². The second kappa shape index (κ2) is 4.17. The molecule has 2 aromatic heterocycles. The molecule has 1 N–H and O–H groups in total. The zero-order valence-electron chi connectivity index (χ0n) is 10.9. The third kappa shape index (κ3) is 1.56. The van der Waals surface area contributed by atoms with E-state index in [-0.39, 0.29) is 11.2 Å². The van der Waals surface area contributed by atoms with Crippen LogP contribution in [0.15, 0.2) is 64.2 Å². The first kappa shape index (κ1) is 11.7. The van der Waals surface area contributed by atoms with Crippen molar-refractivity contribution in [2.45, 2.75) is 0 Å². The molecule has 0 amide bonds. The molecule has 21 heavy (non-hydrogen) atoms. The van der Waals surface area contributed by atoms with Crippen LogP contribution in [0.3, 0.4) is 0 Å².